The fraction of sp³-hybridized carbons (Fsp3) is 0.667. The van der Waals surface area contributed by atoms with Crippen molar-refractivity contribution in [3.63, 3.8) is 0 Å². The van der Waals surface area contributed by atoms with Gasteiger partial charge in [-0.2, -0.15) is 18.3 Å². The van der Waals surface area contributed by atoms with Crippen LogP contribution in [0.25, 0.3) is 0 Å². The maximum Gasteiger partial charge on any atom is 0.411 e. The van der Waals surface area contributed by atoms with E-state index in [0.29, 0.717) is 5.82 Å². The number of ether oxygens (including phenoxy) is 1. The van der Waals surface area contributed by atoms with E-state index in [1.165, 1.54) is 0 Å². The summed E-state index contributed by atoms with van der Waals surface area (Å²) in [5.74, 6) is 5.76. The molecule has 0 aromatic carbocycles. The van der Waals surface area contributed by atoms with Crippen molar-refractivity contribution in [1.82, 2.24) is 14.9 Å². The van der Waals surface area contributed by atoms with Crippen LogP contribution in [0.15, 0.2) is 0 Å². The topological polar surface area (TPSA) is 68.9 Å². The molecule has 3 N–H and O–H groups in total. The van der Waals surface area contributed by atoms with Crippen LogP contribution in [-0.2, 0) is 11.2 Å². The first kappa shape index (κ1) is 12.0. The van der Waals surface area contributed by atoms with Gasteiger partial charge in [0, 0.05) is 6.42 Å². The SMILES string of the molecule is Nn1c(CCOCC(F)(F)F)n[nH]c1=S. The fourth-order valence-electron chi connectivity index (χ4n) is 0.865. The predicted molar refractivity (Wildman–Crippen MR) is 48.1 cm³/mol. The van der Waals surface area contributed by atoms with E-state index in [1.54, 1.807) is 0 Å². The first-order valence-electron chi connectivity index (χ1n) is 3.96. The van der Waals surface area contributed by atoms with E-state index < -0.39 is 12.8 Å². The molecule has 0 aliphatic carbocycles. The summed E-state index contributed by atoms with van der Waals surface area (Å²) in [5.41, 5.74) is 0. The van der Waals surface area contributed by atoms with Crippen LogP contribution in [0.4, 0.5) is 13.2 Å². The fourth-order valence-corrected chi connectivity index (χ4v) is 1.02. The van der Waals surface area contributed by atoms with Crippen molar-refractivity contribution in [2.45, 2.75) is 12.6 Å². The van der Waals surface area contributed by atoms with Crippen LogP contribution in [0.3, 0.4) is 0 Å². The molecule has 86 valence electrons. The van der Waals surface area contributed by atoms with Gasteiger partial charge in [-0.25, -0.2) is 4.68 Å². The highest BCUT2D eigenvalue weighted by atomic mass is 32.1. The third-order valence-electron chi connectivity index (χ3n) is 1.51. The summed E-state index contributed by atoms with van der Waals surface area (Å²) in [6, 6.07) is 0. The van der Waals surface area contributed by atoms with Gasteiger partial charge in [-0.05, 0) is 12.2 Å². The lowest BCUT2D eigenvalue weighted by Gasteiger charge is -2.06. The molecule has 0 aliphatic heterocycles. The third-order valence-corrected chi connectivity index (χ3v) is 1.80. The standard InChI is InChI=1S/C6H9F3N4OS/c7-6(8,9)3-14-2-1-4-11-12-5(15)13(4)10/h1-3,10H2,(H,12,15). The Kier molecular flexibility index (Phi) is 3.69. The molecule has 5 nitrogen and oxygen atoms in total. The Morgan fingerprint density at radius 3 is 2.67 bits per heavy atom. The second-order valence-electron chi connectivity index (χ2n) is 2.73. The van der Waals surface area contributed by atoms with E-state index in [4.69, 9.17) is 18.1 Å². The number of nitrogens with two attached hydrogens (primary N) is 1. The number of alkyl halides is 3. The highest BCUT2D eigenvalue weighted by Gasteiger charge is 2.27. The Morgan fingerprint density at radius 1 is 1.53 bits per heavy atom. The molecule has 0 unspecified atom stereocenters. The van der Waals surface area contributed by atoms with Gasteiger partial charge in [-0.1, -0.05) is 0 Å². The van der Waals surface area contributed by atoms with E-state index in [2.05, 4.69) is 14.9 Å². The predicted octanol–water partition coefficient (Wildman–Crippen LogP) is 0.776. The molecule has 1 aromatic heterocycles. The minimum atomic E-state index is -4.31. The molecule has 1 aromatic rings. The van der Waals surface area contributed by atoms with Crippen molar-refractivity contribution >= 4 is 12.2 Å². The van der Waals surface area contributed by atoms with Crippen molar-refractivity contribution in [3.8, 4) is 0 Å². The summed E-state index contributed by atoms with van der Waals surface area (Å²) in [6.07, 6.45) is -4.15. The van der Waals surface area contributed by atoms with Gasteiger partial charge in [0.1, 0.15) is 6.61 Å². The summed E-state index contributed by atoms with van der Waals surface area (Å²) in [6.45, 7) is -1.39. The minimum absolute atomic E-state index is 0.115. The molecule has 0 radical (unpaired) electrons. The number of hydrogen-bond acceptors (Lipinski definition) is 4. The summed E-state index contributed by atoms with van der Waals surface area (Å²) in [4.78, 5) is 0. The van der Waals surface area contributed by atoms with Crippen molar-refractivity contribution in [1.29, 1.82) is 0 Å². The number of nitrogens with one attached hydrogen (secondary N) is 1. The number of hydrogen-bond donors (Lipinski definition) is 2. The maximum atomic E-state index is 11.7. The average Bonchev–Trinajstić information content (AvgIpc) is 2.42. The van der Waals surface area contributed by atoms with E-state index >= 15 is 0 Å². The second-order valence-corrected chi connectivity index (χ2v) is 3.12. The molecule has 1 heterocycles. The number of H-pyrrole nitrogens is 1. The van der Waals surface area contributed by atoms with E-state index in [-0.39, 0.29) is 17.8 Å². The smallest absolute Gasteiger partial charge is 0.372 e. The Hall–Kier alpha value is -1.09. The Morgan fingerprint density at radius 2 is 2.20 bits per heavy atom. The van der Waals surface area contributed by atoms with Gasteiger partial charge in [0.15, 0.2) is 5.82 Å². The first-order valence-corrected chi connectivity index (χ1v) is 4.37. The van der Waals surface area contributed by atoms with Crippen LogP contribution in [0.1, 0.15) is 5.82 Å². The zero-order chi connectivity index (χ0) is 11.5. The van der Waals surface area contributed by atoms with Crippen LogP contribution < -0.4 is 5.84 Å². The molecule has 0 spiro atoms. The summed E-state index contributed by atoms with van der Waals surface area (Å²) < 4.78 is 40.7. The van der Waals surface area contributed by atoms with Gasteiger partial charge >= 0.3 is 6.18 Å². The second kappa shape index (κ2) is 4.62. The van der Waals surface area contributed by atoms with Gasteiger partial charge in [-0.3, -0.25) is 5.10 Å². The Balaban J connectivity index is 2.33. The highest BCUT2D eigenvalue weighted by molar-refractivity contribution is 7.71. The highest BCUT2D eigenvalue weighted by Crippen LogP contribution is 2.14. The molecule has 0 saturated heterocycles. The molecule has 0 aliphatic rings. The van der Waals surface area contributed by atoms with Gasteiger partial charge in [0.05, 0.1) is 6.61 Å². The van der Waals surface area contributed by atoms with Crippen LogP contribution in [-0.4, -0.2) is 34.3 Å². The van der Waals surface area contributed by atoms with Gasteiger partial charge < -0.3 is 10.6 Å². The van der Waals surface area contributed by atoms with Gasteiger partial charge in [-0.15, -0.1) is 0 Å². The van der Waals surface area contributed by atoms with Crippen LogP contribution in [0.5, 0.6) is 0 Å². The van der Waals surface area contributed by atoms with Crippen molar-refractivity contribution in [2.75, 3.05) is 19.1 Å². The molecular weight excluding hydrogens is 233 g/mol. The molecule has 0 bridgehead atoms. The van der Waals surface area contributed by atoms with E-state index in [1.807, 2.05) is 0 Å². The first-order chi connectivity index (χ1) is 6.90. The maximum absolute atomic E-state index is 11.7. The van der Waals surface area contributed by atoms with E-state index in [0.717, 1.165) is 4.68 Å². The summed E-state index contributed by atoms with van der Waals surface area (Å²) in [7, 11) is 0. The number of nitrogens with zero attached hydrogens (tertiary/aromatic N) is 2. The van der Waals surface area contributed by atoms with Crippen molar-refractivity contribution < 1.29 is 17.9 Å². The van der Waals surface area contributed by atoms with Crippen LogP contribution >= 0.6 is 12.2 Å². The third kappa shape index (κ3) is 3.88. The average molecular weight is 242 g/mol. The molecule has 0 amide bonds. The number of rotatable bonds is 4. The zero-order valence-corrected chi connectivity index (χ0v) is 8.36. The molecule has 0 fully saturated rings. The van der Waals surface area contributed by atoms with E-state index in [9.17, 15) is 13.2 Å². The number of aromatic nitrogens is 3. The number of halogens is 3. The zero-order valence-electron chi connectivity index (χ0n) is 7.54. The Bertz CT molecular complexity index is 371. The number of aromatic amines is 1. The monoisotopic (exact) mass is 242 g/mol. The van der Waals surface area contributed by atoms with Gasteiger partial charge in [0.25, 0.3) is 0 Å². The molecule has 0 atom stereocenters. The number of nitrogen functional groups attached to an aromatic ring is 1. The Labute approximate surface area is 88.0 Å². The molecule has 1 rings (SSSR count). The molecule has 0 saturated carbocycles. The normalized spacial score (nSPS) is 11.9. The van der Waals surface area contributed by atoms with Crippen molar-refractivity contribution in [3.05, 3.63) is 10.6 Å². The van der Waals surface area contributed by atoms with Crippen LogP contribution in [0, 0.1) is 4.77 Å². The van der Waals surface area contributed by atoms with Crippen LogP contribution in [0.2, 0.25) is 0 Å². The van der Waals surface area contributed by atoms with Crippen molar-refractivity contribution in [2.24, 2.45) is 0 Å². The lowest BCUT2D eigenvalue weighted by Crippen LogP contribution is -2.19. The lowest BCUT2D eigenvalue weighted by molar-refractivity contribution is -0.173. The quantitative estimate of drug-likeness (QED) is 0.465. The molecular formula is C6H9F3N4OS. The minimum Gasteiger partial charge on any atom is -0.372 e. The van der Waals surface area contributed by atoms with Gasteiger partial charge in [0.2, 0.25) is 4.77 Å². The molecule has 9 heteroatoms. The summed E-state index contributed by atoms with van der Waals surface area (Å²) >= 11 is 4.71. The molecule has 15 heavy (non-hydrogen) atoms. The summed E-state index contributed by atoms with van der Waals surface area (Å²) in [5, 5.41) is 6.12. The lowest BCUT2D eigenvalue weighted by atomic mass is 10.4. The largest absolute Gasteiger partial charge is 0.411 e.